The summed E-state index contributed by atoms with van der Waals surface area (Å²) in [5, 5.41) is 16.2. The van der Waals surface area contributed by atoms with Crippen LogP contribution in [0.2, 0.25) is 0 Å². The lowest BCUT2D eigenvalue weighted by atomic mass is 9.83. The van der Waals surface area contributed by atoms with E-state index in [0.29, 0.717) is 5.56 Å². The molecular weight excluding hydrogens is 512 g/mol. The lowest BCUT2D eigenvalue weighted by Crippen LogP contribution is -2.17. The molecule has 0 spiro atoms. The molecule has 8 nitrogen and oxygen atoms in total. The number of anilines is 1. The van der Waals surface area contributed by atoms with Gasteiger partial charge in [0, 0.05) is 35.1 Å². The first-order valence-electron chi connectivity index (χ1n) is 14.2. The zero-order chi connectivity index (χ0) is 30.1. The molecule has 2 heterocycles. The van der Waals surface area contributed by atoms with Gasteiger partial charge < -0.3 is 10.1 Å². The molecular formula is C33H44N6O2. The third-order valence-corrected chi connectivity index (χ3v) is 7.53. The highest BCUT2D eigenvalue weighted by atomic mass is 16.5. The molecule has 0 atom stereocenters. The molecule has 0 unspecified atom stereocenters. The van der Waals surface area contributed by atoms with Crippen molar-refractivity contribution >= 4 is 11.6 Å². The summed E-state index contributed by atoms with van der Waals surface area (Å²) in [4.78, 5) is 13.6. The number of amides is 1. The summed E-state index contributed by atoms with van der Waals surface area (Å²) in [7, 11) is 3.63. The van der Waals surface area contributed by atoms with Crippen LogP contribution in [0.5, 0.6) is 5.75 Å². The Bertz CT molecular complexity index is 1550. The van der Waals surface area contributed by atoms with E-state index in [1.807, 2.05) is 56.0 Å². The Morgan fingerprint density at radius 1 is 1.05 bits per heavy atom. The van der Waals surface area contributed by atoms with E-state index in [1.54, 1.807) is 18.0 Å². The largest absolute Gasteiger partial charge is 0.496 e. The first-order valence-corrected chi connectivity index (χ1v) is 14.2. The van der Waals surface area contributed by atoms with Crippen LogP contribution in [0.25, 0.3) is 16.9 Å². The highest BCUT2D eigenvalue weighted by Crippen LogP contribution is 2.38. The number of methoxy groups -OCH3 is 1. The molecule has 0 radical (unpaired) electrons. The number of carbonyl (C=O) groups excluding carboxylic acids is 1. The van der Waals surface area contributed by atoms with Crippen molar-refractivity contribution in [3.63, 3.8) is 0 Å². The fourth-order valence-corrected chi connectivity index (χ4v) is 5.01. The maximum absolute atomic E-state index is 13.6. The summed E-state index contributed by atoms with van der Waals surface area (Å²) in [5.41, 5.74) is 8.07. The fraction of sp³-hybridized carbons (Fsp3) is 0.455. The number of aryl methyl sites for hydroxylation is 3. The summed E-state index contributed by atoms with van der Waals surface area (Å²) < 4.78 is 9.44. The molecule has 0 saturated heterocycles. The molecule has 0 bridgehead atoms. The topological polar surface area (TPSA) is 86.9 Å². The number of nitrogens with one attached hydrogen (secondary N) is 1. The van der Waals surface area contributed by atoms with Crippen molar-refractivity contribution in [1.82, 2.24) is 24.8 Å². The van der Waals surface area contributed by atoms with Gasteiger partial charge in [-0.15, -0.1) is 5.10 Å². The molecule has 2 aromatic heterocycles. The monoisotopic (exact) mass is 556 g/mol. The molecule has 1 N–H and O–H groups in total. The maximum Gasteiger partial charge on any atom is 0.255 e. The molecule has 0 aliphatic rings. The average molecular weight is 557 g/mol. The van der Waals surface area contributed by atoms with Crippen LogP contribution >= 0.6 is 0 Å². The molecule has 0 fully saturated rings. The third-order valence-electron chi connectivity index (χ3n) is 7.53. The second-order valence-corrected chi connectivity index (χ2v) is 13.2. The predicted octanol–water partition coefficient (Wildman–Crippen LogP) is 7.21. The molecule has 4 aromatic rings. The number of carbonyl (C=O) groups is 1. The maximum atomic E-state index is 13.6. The van der Waals surface area contributed by atoms with Crippen molar-refractivity contribution < 1.29 is 9.53 Å². The second kappa shape index (κ2) is 11.5. The normalized spacial score (nSPS) is 12.0. The van der Waals surface area contributed by atoms with Gasteiger partial charge in [-0.2, -0.15) is 5.10 Å². The summed E-state index contributed by atoms with van der Waals surface area (Å²) in [5.74, 6) is 0.730. The van der Waals surface area contributed by atoms with Crippen LogP contribution in [0, 0.1) is 19.3 Å². The smallest absolute Gasteiger partial charge is 0.255 e. The number of aromatic nitrogens is 5. The van der Waals surface area contributed by atoms with Crippen molar-refractivity contribution in [2.75, 3.05) is 12.4 Å². The zero-order valence-electron chi connectivity index (χ0n) is 26.2. The molecule has 41 heavy (non-hydrogen) atoms. The van der Waals surface area contributed by atoms with Crippen molar-refractivity contribution in [3.8, 4) is 22.7 Å². The number of hydrogen-bond donors (Lipinski definition) is 1. The number of benzene rings is 2. The van der Waals surface area contributed by atoms with Crippen LogP contribution in [0.1, 0.15) is 87.1 Å². The van der Waals surface area contributed by atoms with E-state index in [2.05, 4.69) is 68.3 Å². The standard InChI is InChI=1S/C33H44N6O2/c1-21-13-14-24(17-29(21)39-20-28(36-37-39)26-19-34-38(9)22(26)2)31(40)35-25-16-23(12-11-15-32(3,4)5)30(41-10)27(18-25)33(6,7)8/h13-14,16-20H,11-12,15H2,1-10H3,(H,35,40). The van der Waals surface area contributed by atoms with E-state index >= 15 is 0 Å². The summed E-state index contributed by atoms with van der Waals surface area (Å²) in [6.45, 7) is 17.3. The van der Waals surface area contributed by atoms with E-state index in [0.717, 1.165) is 70.0 Å². The lowest BCUT2D eigenvalue weighted by Gasteiger charge is -2.26. The lowest BCUT2D eigenvalue weighted by molar-refractivity contribution is 0.102. The molecule has 1 amide bonds. The Morgan fingerprint density at radius 3 is 2.39 bits per heavy atom. The number of ether oxygens (including phenoxy) is 1. The predicted molar refractivity (Wildman–Crippen MR) is 165 cm³/mol. The highest BCUT2D eigenvalue weighted by molar-refractivity contribution is 6.04. The van der Waals surface area contributed by atoms with E-state index in [1.165, 1.54) is 0 Å². The van der Waals surface area contributed by atoms with E-state index in [4.69, 9.17) is 4.74 Å². The number of hydrogen-bond acceptors (Lipinski definition) is 5. The van der Waals surface area contributed by atoms with Gasteiger partial charge in [-0.05, 0) is 79.3 Å². The Morgan fingerprint density at radius 2 is 1.78 bits per heavy atom. The average Bonchev–Trinajstić information content (AvgIpc) is 3.49. The quantitative estimate of drug-likeness (QED) is 0.248. The summed E-state index contributed by atoms with van der Waals surface area (Å²) >= 11 is 0. The minimum absolute atomic E-state index is 0.153. The van der Waals surface area contributed by atoms with Crippen LogP contribution in [0.4, 0.5) is 5.69 Å². The van der Waals surface area contributed by atoms with Gasteiger partial charge in [-0.1, -0.05) is 52.8 Å². The Kier molecular flexibility index (Phi) is 8.43. The van der Waals surface area contributed by atoms with Crippen LogP contribution < -0.4 is 10.1 Å². The molecule has 8 heteroatoms. The molecule has 4 rings (SSSR count). The van der Waals surface area contributed by atoms with Crippen LogP contribution in [-0.4, -0.2) is 37.8 Å². The molecule has 0 aliphatic heterocycles. The minimum atomic E-state index is -0.180. The summed E-state index contributed by atoms with van der Waals surface area (Å²) in [6, 6.07) is 9.74. The molecule has 0 saturated carbocycles. The zero-order valence-corrected chi connectivity index (χ0v) is 26.2. The first kappa shape index (κ1) is 30.0. The SMILES string of the molecule is COc1c(CCCC(C)(C)C)cc(NC(=O)c2ccc(C)c(-n3cc(-c4cnn(C)c4C)nn3)c2)cc1C(C)(C)C. The third kappa shape index (κ3) is 6.87. The second-order valence-electron chi connectivity index (χ2n) is 13.2. The van der Waals surface area contributed by atoms with Gasteiger partial charge in [-0.3, -0.25) is 9.48 Å². The van der Waals surface area contributed by atoms with E-state index < -0.39 is 0 Å². The van der Waals surface area contributed by atoms with Gasteiger partial charge in [0.05, 0.1) is 25.2 Å². The van der Waals surface area contributed by atoms with Crippen molar-refractivity contribution in [3.05, 3.63) is 70.7 Å². The van der Waals surface area contributed by atoms with Crippen molar-refractivity contribution in [2.24, 2.45) is 12.5 Å². The van der Waals surface area contributed by atoms with Gasteiger partial charge in [0.1, 0.15) is 11.4 Å². The van der Waals surface area contributed by atoms with Crippen LogP contribution in [-0.2, 0) is 18.9 Å². The molecule has 0 aliphatic carbocycles. The Labute approximate surface area is 244 Å². The van der Waals surface area contributed by atoms with Gasteiger partial charge in [-0.25, -0.2) is 4.68 Å². The van der Waals surface area contributed by atoms with E-state index in [9.17, 15) is 4.79 Å². The minimum Gasteiger partial charge on any atom is -0.496 e. The van der Waals surface area contributed by atoms with Gasteiger partial charge in [0.2, 0.25) is 0 Å². The Balaban J connectivity index is 1.63. The van der Waals surface area contributed by atoms with Gasteiger partial charge >= 0.3 is 0 Å². The molecule has 218 valence electrons. The number of rotatable bonds is 8. The van der Waals surface area contributed by atoms with Crippen LogP contribution in [0.3, 0.4) is 0 Å². The van der Waals surface area contributed by atoms with Crippen LogP contribution in [0.15, 0.2) is 42.7 Å². The highest BCUT2D eigenvalue weighted by Gasteiger charge is 2.24. The summed E-state index contributed by atoms with van der Waals surface area (Å²) in [6.07, 6.45) is 6.69. The molecule has 2 aromatic carbocycles. The van der Waals surface area contributed by atoms with Gasteiger partial charge in [0.25, 0.3) is 5.91 Å². The van der Waals surface area contributed by atoms with Crippen molar-refractivity contribution in [2.45, 2.75) is 80.1 Å². The van der Waals surface area contributed by atoms with E-state index in [-0.39, 0.29) is 16.7 Å². The fourth-order valence-electron chi connectivity index (χ4n) is 5.01. The first-order chi connectivity index (χ1) is 19.2. The Hall–Kier alpha value is -3.94. The van der Waals surface area contributed by atoms with Crippen molar-refractivity contribution in [1.29, 1.82) is 0 Å². The number of nitrogens with zero attached hydrogens (tertiary/aromatic N) is 5. The van der Waals surface area contributed by atoms with Gasteiger partial charge in [0.15, 0.2) is 0 Å².